The van der Waals surface area contributed by atoms with Gasteiger partial charge in [0.15, 0.2) is 0 Å². The highest BCUT2D eigenvalue weighted by Gasteiger charge is 2.40. The number of aliphatic hydroxyl groups is 1. The second kappa shape index (κ2) is 3.86. The van der Waals surface area contributed by atoms with E-state index in [1.807, 2.05) is 19.1 Å². The quantitative estimate of drug-likeness (QED) is 0.820. The van der Waals surface area contributed by atoms with Crippen LogP contribution in [0.1, 0.15) is 30.9 Å². The first-order valence-corrected chi connectivity index (χ1v) is 5.58. The van der Waals surface area contributed by atoms with Crippen LogP contribution >= 0.6 is 0 Å². The van der Waals surface area contributed by atoms with Gasteiger partial charge in [-0.1, -0.05) is 17.7 Å². The molecule has 1 fully saturated rings. The molecule has 0 unspecified atom stereocenters. The van der Waals surface area contributed by atoms with E-state index in [0.29, 0.717) is 6.61 Å². The van der Waals surface area contributed by atoms with Gasteiger partial charge < -0.3 is 9.84 Å². The van der Waals surface area contributed by atoms with E-state index in [2.05, 4.69) is 13.0 Å². The Hall–Kier alpha value is -1.02. The second-order valence-corrected chi connectivity index (χ2v) is 4.45. The summed E-state index contributed by atoms with van der Waals surface area (Å²) in [5, 5.41) is 9.91. The van der Waals surface area contributed by atoms with E-state index in [4.69, 9.17) is 4.74 Å². The number of hydrogen-bond donors (Lipinski definition) is 1. The van der Waals surface area contributed by atoms with Crippen molar-refractivity contribution in [1.82, 2.24) is 0 Å². The molecule has 1 aliphatic rings. The van der Waals surface area contributed by atoms with E-state index < -0.39 is 5.60 Å². The summed E-state index contributed by atoms with van der Waals surface area (Å²) in [7, 11) is 0. The minimum absolute atomic E-state index is 0.445. The highest BCUT2D eigenvalue weighted by atomic mass is 16.5. The van der Waals surface area contributed by atoms with Crippen LogP contribution < -0.4 is 4.74 Å². The lowest BCUT2D eigenvalue weighted by atomic mass is 10.0. The van der Waals surface area contributed by atoms with Crippen LogP contribution in [0.25, 0.3) is 0 Å². The Morgan fingerprint density at radius 1 is 1.40 bits per heavy atom. The SMILES string of the molecule is CCOc1ccc(C)cc1CC1(O)CC1. The molecule has 0 radical (unpaired) electrons. The zero-order valence-corrected chi connectivity index (χ0v) is 9.42. The summed E-state index contributed by atoms with van der Waals surface area (Å²) in [5.41, 5.74) is 1.91. The summed E-state index contributed by atoms with van der Waals surface area (Å²) < 4.78 is 5.55. The van der Waals surface area contributed by atoms with Crippen molar-refractivity contribution >= 4 is 0 Å². The van der Waals surface area contributed by atoms with Gasteiger partial charge in [-0.15, -0.1) is 0 Å². The monoisotopic (exact) mass is 206 g/mol. The van der Waals surface area contributed by atoms with Crippen molar-refractivity contribution in [1.29, 1.82) is 0 Å². The molecule has 0 bridgehead atoms. The van der Waals surface area contributed by atoms with Gasteiger partial charge in [0, 0.05) is 6.42 Å². The van der Waals surface area contributed by atoms with Gasteiger partial charge in [-0.2, -0.15) is 0 Å². The first-order chi connectivity index (χ1) is 7.13. The number of benzene rings is 1. The third-order valence-corrected chi connectivity index (χ3v) is 2.86. The summed E-state index contributed by atoms with van der Waals surface area (Å²) in [6.45, 7) is 4.72. The van der Waals surface area contributed by atoms with Crippen LogP contribution in [0.2, 0.25) is 0 Å². The smallest absolute Gasteiger partial charge is 0.122 e. The molecule has 2 rings (SSSR count). The van der Waals surface area contributed by atoms with Crippen molar-refractivity contribution in [3.8, 4) is 5.75 Å². The van der Waals surface area contributed by atoms with Crippen molar-refractivity contribution in [3.63, 3.8) is 0 Å². The number of aryl methyl sites for hydroxylation is 1. The molecular formula is C13H18O2. The Kier molecular flexibility index (Phi) is 2.70. The van der Waals surface area contributed by atoms with Gasteiger partial charge >= 0.3 is 0 Å². The Morgan fingerprint density at radius 2 is 2.13 bits per heavy atom. The van der Waals surface area contributed by atoms with E-state index in [1.165, 1.54) is 5.56 Å². The standard InChI is InChI=1S/C13H18O2/c1-3-15-12-5-4-10(2)8-11(12)9-13(14)6-7-13/h4-5,8,14H,3,6-7,9H2,1-2H3. The average Bonchev–Trinajstić information content (AvgIpc) is 2.89. The molecule has 0 heterocycles. The topological polar surface area (TPSA) is 29.5 Å². The zero-order chi connectivity index (χ0) is 10.9. The predicted molar refractivity (Wildman–Crippen MR) is 60.2 cm³/mol. The molecule has 2 heteroatoms. The molecule has 0 amide bonds. The normalized spacial score (nSPS) is 17.5. The van der Waals surface area contributed by atoms with E-state index in [0.717, 1.165) is 30.6 Å². The van der Waals surface area contributed by atoms with E-state index in [9.17, 15) is 5.11 Å². The molecule has 0 aromatic heterocycles. The highest BCUT2D eigenvalue weighted by Crippen LogP contribution is 2.40. The molecule has 1 N–H and O–H groups in total. The van der Waals surface area contributed by atoms with Crippen LogP contribution in [-0.2, 0) is 6.42 Å². The van der Waals surface area contributed by atoms with Crippen molar-refractivity contribution in [2.75, 3.05) is 6.61 Å². The Labute approximate surface area is 90.9 Å². The summed E-state index contributed by atoms with van der Waals surface area (Å²) in [6, 6.07) is 6.16. The summed E-state index contributed by atoms with van der Waals surface area (Å²) >= 11 is 0. The van der Waals surface area contributed by atoms with Crippen LogP contribution in [0.3, 0.4) is 0 Å². The van der Waals surface area contributed by atoms with Crippen LogP contribution in [0.5, 0.6) is 5.75 Å². The van der Waals surface area contributed by atoms with Crippen molar-refractivity contribution in [2.45, 2.75) is 38.7 Å². The number of hydrogen-bond acceptors (Lipinski definition) is 2. The number of rotatable bonds is 4. The van der Waals surface area contributed by atoms with Crippen molar-refractivity contribution in [2.24, 2.45) is 0 Å². The first-order valence-electron chi connectivity index (χ1n) is 5.58. The molecule has 82 valence electrons. The zero-order valence-electron chi connectivity index (χ0n) is 9.42. The lowest BCUT2D eigenvalue weighted by Gasteiger charge is -2.13. The third-order valence-electron chi connectivity index (χ3n) is 2.86. The summed E-state index contributed by atoms with van der Waals surface area (Å²) in [5.74, 6) is 0.920. The van der Waals surface area contributed by atoms with Crippen LogP contribution in [-0.4, -0.2) is 17.3 Å². The molecule has 1 saturated carbocycles. The fourth-order valence-corrected chi connectivity index (χ4v) is 1.82. The molecule has 1 aromatic carbocycles. The Bertz CT molecular complexity index is 354. The molecular weight excluding hydrogens is 188 g/mol. The van der Waals surface area contributed by atoms with Gasteiger partial charge in [-0.3, -0.25) is 0 Å². The first kappa shape index (κ1) is 10.5. The van der Waals surface area contributed by atoms with Crippen LogP contribution in [0, 0.1) is 6.92 Å². The second-order valence-electron chi connectivity index (χ2n) is 4.45. The molecule has 0 atom stereocenters. The minimum atomic E-state index is -0.445. The molecule has 1 aromatic rings. The third kappa shape index (κ3) is 2.51. The van der Waals surface area contributed by atoms with Crippen molar-refractivity contribution < 1.29 is 9.84 Å². The van der Waals surface area contributed by atoms with Gasteiger partial charge in [0.1, 0.15) is 5.75 Å². The maximum atomic E-state index is 9.91. The lowest BCUT2D eigenvalue weighted by molar-refractivity contribution is 0.149. The maximum absolute atomic E-state index is 9.91. The maximum Gasteiger partial charge on any atom is 0.122 e. The highest BCUT2D eigenvalue weighted by molar-refractivity contribution is 5.38. The fraction of sp³-hybridized carbons (Fsp3) is 0.538. The molecule has 0 spiro atoms. The van der Waals surface area contributed by atoms with Gasteiger partial charge in [0.2, 0.25) is 0 Å². The van der Waals surface area contributed by atoms with E-state index >= 15 is 0 Å². The van der Waals surface area contributed by atoms with Crippen molar-refractivity contribution in [3.05, 3.63) is 29.3 Å². The molecule has 2 nitrogen and oxygen atoms in total. The lowest BCUT2D eigenvalue weighted by Crippen LogP contribution is -2.12. The average molecular weight is 206 g/mol. The Morgan fingerprint density at radius 3 is 2.73 bits per heavy atom. The Balaban J connectivity index is 2.21. The molecule has 0 saturated heterocycles. The van der Waals surface area contributed by atoms with Crippen LogP contribution in [0.4, 0.5) is 0 Å². The summed E-state index contributed by atoms with van der Waals surface area (Å²) in [4.78, 5) is 0. The summed E-state index contributed by atoms with van der Waals surface area (Å²) in [6.07, 6.45) is 2.57. The van der Waals surface area contributed by atoms with E-state index in [1.54, 1.807) is 0 Å². The number of ether oxygens (including phenoxy) is 1. The van der Waals surface area contributed by atoms with Gasteiger partial charge in [0.05, 0.1) is 12.2 Å². The van der Waals surface area contributed by atoms with Gasteiger partial charge in [0.25, 0.3) is 0 Å². The van der Waals surface area contributed by atoms with Crippen LogP contribution in [0.15, 0.2) is 18.2 Å². The fourth-order valence-electron chi connectivity index (χ4n) is 1.82. The molecule has 1 aliphatic carbocycles. The van der Waals surface area contributed by atoms with Gasteiger partial charge in [-0.05, 0) is 38.3 Å². The van der Waals surface area contributed by atoms with E-state index in [-0.39, 0.29) is 0 Å². The molecule has 15 heavy (non-hydrogen) atoms. The predicted octanol–water partition coefficient (Wildman–Crippen LogP) is 2.46. The largest absolute Gasteiger partial charge is 0.494 e. The van der Waals surface area contributed by atoms with Gasteiger partial charge in [-0.25, -0.2) is 0 Å². The minimum Gasteiger partial charge on any atom is -0.494 e. The molecule has 0 aliphatic heterocycles.